The lowest BCUT2D eigenvalue weighted by Crippen LogP contribution is -2.14. The van der Waals surface area contributed by atoms with Crippen LogP contribution >= 0.6 is 23.4 Å². The minimum Gasteiger partial charge on any atom is -0.497 e. The molecule has 1 N–H and O–H groups in total. The summed E-state index contributed by atoms with van der Waals surface area (Å²) in [6.07, 6.45) is 0. The van der Waals surface area contributed by atoms with Crippen LogP contribution < -0.4 is 10.1 Å². The third-order valence-electron chi connectivity index (χ3n) is 3.27. The van der Waals surface area contributed by atoms with Crippen molar-refractivity contribution in [1.82, 2.24) is 20.2 Å². The molecule has 0 radical (unpaired) electrons. The molecule has 0 atom stereocenters. The molecule has 1 aromatic heterocycles. The first-order chi connectivity index (χ1) is 12.6. The lowest BCUT2D eigenvalue weighted by molar-refractivity contribution is -0.113. The van der Waals surface area contributed by atoms with Crippen LogP contribution in [0.5, 0.6) is 5.75 Å². The number of halogens is 2. The summed E-state index contributed by atoms with van der Waals surface area (Å²) in [4.78, 5) is 12.1. The van der Waals surface area contributed by atoms with Gasteiger partial charge in [0.2, 0.25) is 11.1 Å². The Morgan fingerprint density at radius 3 is 2.96 bits per heavy atom. The molecular weight excluding hydrogens is 381 g/mol. The number of hydrogen-bond donors (Lipinski definition) is 1. The predicted molar refractivity (Wildman–Crippen MR) is 96.5 cm³/mol. The van der Waals surface area contributed by atoms with Gasteiger partial charge >= 0.3 is 0 Å². The maximum Gasteiger partial charge on any atom is 0.234 e. The van der Waals surface area contributed by atoms with E-state index in [1.54, 1.807) is 13.2 Å². The third kappa shape index (κ3) is 4.30. The summed E-state index contributed by atoms with van der Waals surface area (Å²) in [5.41, 5.74) is 1.12. The van der Waals surface area contributed by atoms with Crippen molar-refractivity contribution in [2.75, 3.05) is 18.2 Å². The molecule has 0 saturated carbocycles. The van der Waals surface area contributed by atoms with E-state index in [4.69, 9.17) is 16.3 Å². The Bertz CT molecular complexity index is 937. The van der Waals surface area contributed by atoms with E-state index in [0.717, 1.165) is 11.8 Å². The molecule has 0 spiro atoms. The number of benzene rings is 2. The Morgan fingerprint density at radius 1 is 1.35 bits per heavy atom. The van der Waals surface area contributed by atoms with Gasteiger partial charge in [-0.1, -0.05) is 29.4 Å². The van der Waals surface area contributed by atoms with Gasteiger partial charge in [-0.15, -0.1) is 5.10 Å². The van der Waals surface area contributed by atoms with Crippen LogP contribution in [0, 0.1) is 5.82 Å². The maximum atomic E-state index is 13.1. The molecule has 3 aromatic rings. The summed E-state index contributed by atoms with van der Waals surface area (Å²) < 4.78 is 19.8. The van der Waals surface area contributed by atoms with Gasteiger partial charge in [0.15, 0.2) is 0 Å². The van der Waals surface area contributed by atoms with Crippen molar-refractivity contribution >= 4 is 35.0 Å². The molecule has 7 nitrogen and oxygen atoms in total. The van der Waals surface area contributed by atoms with Crippen LogP contribution in [0.2, 0.25) is 5.02 Å². The van der Waals surface area contributed by atoms with E-state index in [0.29, 0.717) is 22.3 Å². The van der Waals surface area contributed by atoms with Crippen LogP contribution in [0.3, 0.4) is 0 Å². The van der Waals surface area contributed by atoms with Gasteiger partial charge < -0.3 is 10.1 Å². The van der Waals surface area contributed by atoms with Gasteiger partial charge in [-0.25, -0.2) is 4.39 Å². The van der Waals surface area contributed by atoms with E-state index in [2.05, 4.69) is 20.8 Å². The zero-order valence-electron chi connectivity index (χ0n) is 13.5. The Labute approximate surface area is 157 Å². The molecule has 1 amide bonds. The average Bonchev–Trinajstić information content (AvgIpc) is 3.12. The van der Waals surface area contributed by atoms with E-state index >= 15 is 0 Å². The van der Waals surface area contributed by atoms with E-state index < -0.39 is 5.82 Å². The smallest absolute Gasteiger partial charge is 0.234 e. The normalized spacial score (nSPS) is 10.6. The van der Waals surface area contributed by atoms with Gasteiger partial charge in [-0.3, -0.25) is 4.79 Å². The molecule has 134 valence electrons. The summed E-state index contributed by atoms with van der Waals surface area (Å²) in [6.45, 7) is 0. The second-order valence-electron chi connectivity index (χ2n) is 5.04. The lowest BCUT2D eigenvalue weighted by Gasteiger charge is -2.07. The number of anilines is 1. The van der Waals surface area contributed by atoms with Crippen LogP contribution in [0.25, 0.3) is 5.69 Å². The Balaban J connectivity index is 1.66. The number of tetrazole rings is 1. The maximum absolute atomic E-state index is 13.1. The van der Waals surface area contributed by atoms with Gasteiger partial charge in [0, 0.05) is 11.8 Å². The Morgan fingerprint density at radius 2 is 2.19 bits per heavy atom. The van der Waals surface area contributed by atoms with Gasteiger partial charge in [-0.05, 0) is 40.8 Å². The van der Waals surface area contributed by atoms with Crippen molar-refractivity contribution in [3.63, 3.8) is 0 Å². The number of carbonyl (C=O) groups is 1. The van der Waals surface area contributed by atoms with Crippen molar-refractivity contribution in [1.29, 1.82) is 0 Å². The molecule has 26 heavy (non-hydrogen) atoms. The number of carbonyl (C=O) groups excluding carboxylic acids is 1. The highest BCUT2D eigenvalue weighted by Crippen LogP contribution is 2.22. The first-order valence-corrected chi connectivity index (χ1v) is 8.73. The largest absolute Gasteiger partial charge is 0.497 e. The second-order valence-corrected chi connectivity index (χ2v) is 6.39. The fraction of sp³-hybridized carbons (Fsp3) is 0.125. The molecule has 1 heterocycles. The first-order valence-electron chi connectivity index (χ1n) is 7.37. The van der Waals surface area contributed by atoms with E-state index in [1.165, 1.54) is 22.9 Å². The number of amides is 1. The number of hydrogen-bond acceptors (Lipinski definition) is 6. The van der Waals surface area contributed by atoms with E-state index in [-0.39, 0.29) is 16.7 Å². The van der Waals surface area contributed by atoms with E-state index in [9.17, 15) is 9.18 Å². The first kappa shape index (κ1) is 18.2. The molecule has 10 heteroatoms. The predicted octanol–water partition coefficient (Wildman–Crippen LogP) is 3.19. The molecule has 0 fully saturated rings. The summed E-state index contributed by atoms with van der Waals surface area (Å²) in [6, 6.07) is 11.2. The molecule has 0 bridgehead atoms. The van der Waals surface area contributed by atoms with Crippen molar-refractivity contribution < 1.29 is 13.9 Å². The van der Waals surface area contributed by atoms with Crippen LogP contribution in [0.4, 0.5) is 10.1 Å². The van der Waals surface area contributed by atoms with Crippen LogP contribution in [-0.4, -0.2) is 39.0 Å². The number of nitrogens with one attached hydrogen (secondary N) is 1. The van der Waals surface area contributed by atoms with Gasteiger partial charge in [0.25, 0.3) is 0 Å². The number of nitrogens with zero attached hydrogens (tertiary/aromatic N) is 4. The quantitative estimate of drug-likeness (QED) is 0.648. The van der Waals surface area contributed by atoms with Crippen LogP contribution in [0.1, 0.15) is 0 Å². The van der Waals surface area contributed by atoms with Crippen molar-refractivity contribution in [2.45, 2.75) is 5.16 Å². The van der Waals surface area contributed by atoms with Crippen LogP contribution in [-0.2, 0) is 4.79 Å². The van der Waals surface area contributed by atoms with Gasteiger partial charge in [0.1, 0.15) is 11.6 Å². The van der Waals surface area contributed by atoms with E-state index in [1.807, 2.05) is 18.2 Å². The van der Waals surface area contributed by atoms with Crippen molar-refractivity contribution in [2.24, 2.45) is 0 Å². The monoisotopic (exact) mass is 393 g/mol. The molecule has 2 aromatic carbocycles. The molecule has 0 aliphatic carbocycles. The highest BCUT2D eigenvalue weighted by atomic mass is 35.5. The zero-order valence-corrected chi connectivity index (χ0v) is 15.1. The van der Waals surface area contributed by atoms with Crippen LogP contribution in [0.15, 0.2) is 47.6 Å². The number of ether oxygens (including phenoxy) is 1. The van der Waals surface area contributed by atoms with Crippen molar-refractivity contribution in [3.8, 4) is 11.4 Å². The van der Waals surface area contributed by atoms with Gasteiger partial charge in [0.05, 0.1) is 23.6 Å². The minimum absolute atomic E-state index is 0.0579. The number of aromatic nitrogens is 4. The third-order valence-corrected chi connectivity index (χ3v) is 4.48. The fourth-order valence-electron chi connectivity index (χ4n) is 2.07. The highest BCUT2D eigenvalue weighted by molar-refractivity contribution is 7.99. The lowest BCUT2D eigenvalue weighted by atomic mass is 10.3. The summed E-state index contributed by atoms with van der Waals surface area (Å²) in [7, 11) is 1.57. The molecule has 0 aliphatic heterocycles. The molecule has 0 unspecified atom stereocenters. The zero-order chi connectivity index (χ0) is 18.5. The standard InChI is InChI=1S/C16H13ClFN5O2S/c1-25-12-4-2-3-11(8-12)23-16(20-21-22-23)26-9-15(24)19-10-5-6-14(18)13(17)7-10/h2-8H,9H2,1H3,(H,19,24). The van der Waals surface area contributed by atoms with Gasteiger partial charge in [-0.2, -0.15) is 4.68 Å². The highest BCUT2D eigenvalue weighted by Gasteiger charge is 2.13. The minimum atomic E-state index is -0.545. The SMILES string of the molecule is COc1cccc(-n2nnnc2SCC(=O)Nc2ccc(F)c(Cl)c2)c1. The molecule has 0 saturated heterocycles. The summed E-state index contributed by atoms with van der Waals surface area (Å²) >= 11 is 6.86. The number of methoxy groups -OCH3 is 1. The number of rotatable bonds is 6. The second kappa shape index (κ2) is 8.15. The summed E-state index contributed by atoms with van der Waals surface area (Å²) in [5.74, 6) is -0.103. The average molecular weight is 394 g/mol. The molecule has 0 aliphatic rings. The molecule has 3 rings (SSSR count). The summed E-state index contributed by atoms with van der Waals surface area (Å²) in [5, 5.41) is 14.5. The Kier molecular flexibility index (Phi) is 5.69. The van der Waals surface area contributed by atoms with Crippen molar-refractivity contribution in [3.05, 3.63) is 53.3 Å². The molecular formula is C16H13ClFN5O2S. The Hall–Kier alpha value is -2.65. The fourth-order valence-corrected chi connectivity index (χ4v) is 2.95. The number of thioether (sulfide) groups is 1. The topological polar surface area (TPSA) is 81.9 Å².